The Morgan fingerprint density at radius 1 is 0.929 bits per heavy atom. The van der Waals surface area contributed by atoms with Crippen molar-refractivity contribution in [3.05, 3.63) is 76.7 Å². The first-order valence-corrected chi connectivity index (χ1v) is 18.5. The quantitative estimate of drug-likeness (QED) is 0.245. The molecule has 4 aromatic rings. The molecule has 15 nitrogen and oxygen atoms in total. The van der Waals surface area contributed by atoms with Crippen LogP contribution in [0.1, 0.15) is 82.6 Å². The van der Waals surface area contributed by atoms with E-state index < -0.39 is 36.1 Å². The van der Waals surface area contributed by atoms with Crippen molar-refractivity contribution in [2.24, 2.45) is 0 Å². The molecule has 290 valence electrons. The van der Waals surface area contributed by atoms with E-state index in [9.17, 15) is 32.8 Å². The number of aromatic nitrogens is 4. The fourth-order valence-corrected chi connectivity index (χ4v) is 8.04. The summed E-state index contributed by atoms with van der Waals surface area (Å²) in [5, 5.41) is 10.2. The topological polar surface area (TPSA) is 166 Å². The van der Waals surface area contributed by atoms with E-state index in [1.165, 1.54) is 30.6 Å². The van der Waals surface area contributed by atoms with Crippen LogP contribution in [0.5, 0.6) is 0 Å². The molecular formula is C39H40F2N10O5. The van der Waals surface area contributed by atoms with Crippen molar-refractivity contribution in [2.45, 2.75) is 64.1 Å². The minimum absolute atomic E-state index is 0.0126. The average Bonchev–Trinajstić information content (AvgIpc) is 3.68. The number of fused-ring (bicyclic) bond motifs is 2. The molecule has 56 heavy (non-hydrogen) atoms. The van der Waals surface area contributed by atoms with E-state index in [0.29, 0.717) is 42.3 Å². The fraction of sp³-hybridized carbons (Fsp3) is 0.385. The molecule has 2 saturated heterocycles. The summed E-state index contributed by atoms with van der Waals surface area (Å²) in [6.45, 7) is 4.45. The first kappa shape index (κ1) is 36.9. The number of benzene rings is 2. The van der Waals surface area contributed by atoms with Gasteiger partial charge in [0.15, 0.2) is 5.82 Å². The number of nitrogens with one attached hydrogen (secondary N) is 2. The predicted molar refractivity (Wildman–Crippen MR) is 200 cm³/mol. The maximum atomic E-state index is 14.7. The molecule has 0 spiro atoms. The highest BCUT2D eigenvalue weighted by molar-refractivity contribution is 6.23. The monoisotopic (exact) mass is 766 g/mol. The molecule has 6 heterocycles. The number of anilines is 4. The lowest BCUT2D eigenvalue weighted by molar-refractivity contribution is -0.136. The number of alkyl halides is 2. The summed E-state index contributed by atoms with van der Waals surface area (Å²) in [6.07, 6.45) is 2.64. The molecule has 1 unspecified atom stereocenters. The van der Waals surface area contributed by atoms with Crippen molar-refractivity contribution in [1.82, 2.24) is 39.8 Å². The van der Waals surface area contributed by atoms with Gasteiger partial charge in [0, 0.05) is 79.5 Å². The Morgan fingerprint density at radius 2 is 1.64 bits per heavy atom. The zero-order chi connectivity index (χ0) is 39.4. The van der Waals surface area contributed by atoms with E-state index in [0.717, 1.165) is 42.1 Å². The molecule has 4 aliphatic heterocycles. The third kappa shape index (κ3) is 6.65. The van der Waals surface area contributed by atoms with Crippen LogP contribution in [0.2, 0.25) is 0 Å². The summed E-state index contributed by atoms with van der Waals surface area (Å²) < 4.78 is 31.6. The molecular weight excluding hydrogens is 726 g/mol. The van der Waals surface area contributed by atoms with E-state index in [1.54, 1.807) is 37.1 Å². The van der Waals surface area contributed by atoms with Crippen LogP contribution < -0.4 is 15.5 Å². The summed E-state index contributed by atoms with van der Waals surface area (Å²) in [5.41, 5.74) is 3.51. The van der Waals surface area contributed by atoms with Crippen molar-refractivity contribution in [2.75, 3.05) is 43.9 Å². The number of hydrogen-bond acceptors (Lipinski definition) is 11. The molecule has 8 rings (SSSR count). The van der Waals surface area contributed by atoms with Gasteiger partial charge >= 0.3 is 0 Å². The first-order chi connectivity index (χ1) is 26.9. The Hall–Kier alpha value is -6.10. The maximum absolute atomic E-state index is 14.7. The van der Waals surface area contributed by atoms with Crippen LogP contribution in [-0.4, -0.2) is 104 Å². The van der Waals surface area contributed by atoms with E-state index in [2.05, 4.69) is 37.2 Å². The van der Waals surface area contributed by atoms with Gasteiger partial charge in [-0.25, -0.2) is 18.7 Å². The number of likely N-dealkylation sites (tertiary alicyclic amines) is 1. The summed E-state index contributed by atoms with van der Waals surface area (Å²) in [5.74, 6) is -1.71. The molecule has 0 saturated carbocycles. The fourth-order valence-electron chi connectivity index (χ4n) is 8.04. The van der Waals surface area contributed by atoms with Crippen LogP contribution in [0.3, 0.4) is 0 Å². The van der Waals surface area contributed by atoms with Gasteiger partial charge < -0.3 is 20.0 Å². The van der Waals surface area contributed by atoms with Gasteiger partial charge in [-0.3, -0.25) is 38.9 Å². The molecule has 1 atom stereocenters. The zero-order valence-electron chi connectivity index (χ0n) is 31.1. The van der Waals surface area contributed by atoms with E-state index >= 15 is 0 Å². The Labute approximate surface area is 320 Å². The normalized spacial score (nSPS) is 19.0. The number of imide groups is 2. The van der Waals surface area contributed by atoms with Crippen LogP contribution in [0.25, 0.3) is 11.1 Å². The lowest BCUT2D eigenvalue weighted by Crippen LogP contribution is -2.54. The van der Waals surface area contributed by atoms with E-state index in [-0.39, 0.29) is 53.0 Å². The Bertz CT molecular complexity index is 2270. The van der Waals surface area contributed by atoms with Crippen LogP contribution >= 0.6 is 0 Å². The molecule has 4 aliphatic rings. The van der Waals surface area contributed by atoms with Gasteiger partial charge in [-0.15, -0.1) is 0 Å². The van der Waals surface area contributed by atoms with Crippen LogP contribution in [0.4, 0.5) is 31.9 Å². The van der Waals surface area contributed by atoms with Crippen LogP contribution in [-0.2, 0) is 27.3 Å². The number of hydrogen-bond donors (Lipinski definition) is 2. The number of halogens is 2. The molecule has 2 fully saturated rings. The maximum Gasteiger partial charge on any atom is 0.264 e. The lowest BCUT2D eigenvalue weighted by Gasteiger charge is -2.32. The summed E-state index contributed by atoms with van der Waals surface area (Å²) >= 11 is 0. The van der Waals surface area contributed by atoms with Crippen molar-refractivity contribution >= 4 is 52.7 Å². The smallest absolute Gasteiger partial charge is 0.264 e. The number of carbonyl (C=O) groups excluding carboxylic acids is 5. The number of carbonyl (C=O) groups is 5. The molecule has 2 N–H and O–H groups in total. The van der Waals surface area contributed by atoms with Crippen molar-refractivity contribution in [1.29, 1.82) is 0 Å². The van der Waals surface area contributed by atoms with Crippen molar-refractivity contribution in [3.8, 4) is 11.1 Å². The minimum Gasteiger partial charge on any atom is -0.338 e. The van der Waals surface area contributed by atoms with Gasteiger partial charge in [0.2, 0.25) is 23.7 Å². The summed E-state index contributed by atoms with van der Waals surface area (Å²) in [4.78, 5) is 78.1. The standard InChI is InChI=1S/C39H40F2N10O5/c1-21(52)49-15-12-31-30(20-49)35(46-51(31)24-10-13-47(2)14-11-24)48(3)25-5-7-26(28(17-25)34(40)41)22-18-42-39(43-19-22)44-23-4-6-27-29(16-23)38(56)50(37(27)55)32-8-9-33(53)45-36(32)54/h4-7,16-19,24,32,34H,8-15,20H2,1-3H3,(H,42,43,44)(H,45,53,54). The second-order valence-corrected chi connectivity index (χ2v) is 14.7. The van der Waals surface area contributed by atoms with Crippen LogP contribution in [0.15, 0.2) is 48.8 Å². The molecule has 5 amide bonds. The molecule has 0 radical (unpaired) electrons. The van der Waals surface area contributed by atoms with Gasteiger partial charge in [0.25, 0.3) is 18.2 Å². The highest BCUT2D eigenvalue weighted by Gasteiger charge is 2.44. The van der Waals surface area contributed by atoms with E-state index in [1.807, 2.05) is 4.90 Å². The molecule has 2 aromatic heterocycles. The van der Waals surface area contributed by atoms with Crippen molar-refractivity contribution < 1.29 is 32.8 Å². The summed E-state index contributed by atoms with van der Waals surface area (Å²) in [6, 6.07) is 8.40. The van der Waals surface area contributed by atoms with Gasteiger partial charge in [0.05, 0.1) is 23.7 Å². The van der Waals surface area contributed by atoms with Crippen LogP contribution in [0, 0.1) is 0 Å². The SMILES string of the molecule is CC(=O)N1CCc2c(c(N(C)c3ccc(-c4cnc(Nc5ccc6c(c5)C(=O)N(C5CCC(=O)NC5=O)C6=O)nc4)c(C(F)F)c3)nn2C2CCN(C)CC2)C1. The Balaban J connectivity index is 1.02. The predicted octanol–water partition coefficient (Wildman–Crippen LogP) is 4.36. The molecule has 0 bridgehead atoms. The van der Waals surface area contributed by atoms with E-state index in [4.69, 9.17) is 5.10 Å². The second kappa shape index (κ2) is 14.5. The number of amides is 5. The van der Waals surface area contributed by atoms with Gasteiger partial charge in [-0.05, 0) is 75.3 Å². The number of piperidine rings is 2. The lowest BCUT2D eigenvalue weighted by atomic mass is 10.0. The van der Waals surface area contributed by atoms with Gasteiger partial charge in [-0.2, -0.15) is 5.10 Å². The average molecular weight is 767 g/mol. The highest BCUT2D eigenvalue weighted by atomic mass is 19.3. The Morgan fingerprint density at radius 3 is 2.34 bits per heavy atom. The number of nitrogens with zero attached hydrogens (tertiary/aromatic N) is 8. The van der Waals surface area contributed by atoms with Gasteiger partial charge in [-0.1, -0.05) is 6.07 Å². The molecule has 0 aliphatic carbocycles. The van der Waals surface area contributed by atoms with Crippen molar-refractivity contribution in [3.63, 3.8) is 0 Å². The summed E-state index contributed by atoms with van der Waals surface area (Å²) in [7, 11) is 3.91. The molecule has 2 aromatic carbocycles. The Kier molecular flexibility index (Phi) is 9.56. The minimum atomic E-state index is -2.82. The largest absolute Gasteiger partial charge is 0.338 e. The third-order valence-corrected chi connectivity index (χ3v) is 11.2. The highest BCUT2D eigenvalue weighted by Crippen LogP contribution is 2.39. The third-order valence-electron chi connectivity index (χ3n) is 11.2. The molecule has 17 heteroatoms. The zero-order valence-corrected chi connectivity index (χ0v) is 31.1. The second-order valence-electron chi connectivity index (χ2n) is 14.7. The number of rotatable bonds is 8. The first-order valence-electron chi connectivity index (χ1n) is 18.5. The van der Waals surface area contributed by atoms with Gasteiger partial charge in [0.1, 0.15) is 6.04 Å².